The number of hydrogen-bond acceptors (Lipinski definition) is 5. The molecule has 27 heavy (non-hydrogen) atoms. The molecule has 0 atom stereocenters. The smallest absolute Gasteiger partial charge is 0.338 e. The molecule has 0 fully saturated rings. The largest absolute Gasteiger partial charge is 0.453 e. The van der Waals surface area contributed by atoms with Crippen LogP contribution in [0.5, 0.6) is 0 Å². The van der Waals surface area contributed by atoms with Crippen LogP contribution in [0.1, 0.15) is 20.9 Å². The summed E-state index contributed by atoms with van der Waals surface area (Å²) in [7, 11) is 0. The van der Waals surface area contributed by atoms with Crippen LogP contribution < -0.4 is 5.32 Å². The van der Waals surface area contributed by atoms with Gasteiger partial charge in [-0.15, -0.1) is 0 Å². The number of carbonyl (C=O) groups is 3. The van der Waals surface area contributed by atoms with Gasteiger partial charge < -0.3 is 14.5 Å². The van der Waals surface area contributed by atoms with Crippen LogP contribution in [0.3, 0.4) is 0 Å². The minimum Gasteiger partial charge on any atom is -0.453 e. The van der Waals surface area contributed by atoms with Crippen molar-refractivity contribution < 1.29 is 23.5 Å². The Kier molecular flexibility index (Phi) is 5.68. The van der Waals surface area contributed by atoms with E-state index in [1.807, 2.05) is 0 Å². The Morgan fingerprint density at radius 2 is 1.85 bits per heavy atom. The third kappa shape index (κ3) is 4.83. The number of ether oxygens (including phenoxy) is 1. The summed E-state index contributed by atoms with van der Waals surface area (Å²) in [6.45, 7) is -0.423. The molecule has 136 valence electrons. The molecule has 0 spiro atoms. The lowest BCUT2D eigenvalue weighted by Crippen LogP contribution is -2.20. The fraction of sp³-hybridized carbons (Fsp3) is 0.0500. The van der Waals surface area contributed by atoms with E-state index in [4.69, 9.17) is 20.8 Å². The normalized spacial score (nSPS) is 10.3. The van der Waals surface area contributed by atoms with Crippen LogP contribution >= 0.6 is 11.6 Å². The highest BCUT2D eigenvalue weighted by Gasteiger charge is 2.12. The van der Waals surface area contributed by atoms with E-state index in [9.17, 15) is 14.4 Å². The summed E-state index contributed by atoms with van der Waals surface area (Å²) in [6, 6.07) is 16.3. The Morgan fingerprint density at radius 1 is 1.07 bits per heavy atom. The van der Waals surface area contributed by atoms with Crippen molar-refractivity contribution in [3.05, 3.63) is 77.0 Å². The molecule has 0 aliphatic carbocycles. The van der Waals surface area contributed by atoms with Gasteiger partial charge >= 0.3 is 5.97 Å². The van der Waals surface area contributed by atoms with Gasteiger partial charge in [-0.25, -0.2) is 4.79 Å². The first-order valence-corrected chi connectivity index (χ1v) is 8.31. The molecule has 3 aromatic rings. The number of halogens is 1. The Morgan fingerprint density at radius 3 is 2.52 bits per heavy atom. The van der Waals surface area contributed by atoms with Gasteiger partial charge in [0.2, 0.25) is 0 Å². The number of aldehydes is 1. The van der Waals surface area contributed by atoms with E-state index in [1.54, 1.807) is 60.7 Å². The van der Waals surface area contributed by atoms with Crippen molar-refractivity contribution in [3.8, 4) is 11.3 Å². The summed E-state index contributed by atoms with van der Waals surface area (Å²) >= 11 is 5.84. The van der Waals surface area contributed by atoms with Gasteiger partial charge in [0.15, 0.2) is 18.7 Å². The van der Waals surface area contributed by atoms with Crippen LogP contribution in [-0.4, -0.2) is 24.8 Å². The zero-order valence-corrected chi connectivity index (χ0v) is 14.7. The summed E-state index contributed by atoms with van der Waals surface area (Å²) in [4.78, 5) is 34.6. The molecule has 2 aromatic carbocycles. The van der Waals surface area contributed by atoms with Crippen LogP contribution in [0.2, 0.25) is 5.02 Å². The number of carbonyl (C=O) groups excluding carboxylic acids is 3. The molecule has 1 amide bonds. The van der Waals surface area contributed by atoms with E-state index in [0.717, 1.165) is 0 Å². The van der Waals surface area contributed by atoms with Crippen molar-refractivity contribution >= 4 is 35.5 Å². The number of amides is 1. The average Bonchev–Trinajstić information content (AvgIpc) is 3.15. The number of rotatable bonds is 6. The standard InChI is InChI=1S/C20H14ClNO5/c21-15-2-1-3-16(10-15)22-19(24)12-26-20(25)14-6-4-13(5-7-14)18-9-8-17(11-23)27-18/h1-11H,12H2,(H,22,24). The molecule has 0 radical (unpaired) electrons. The van der Waals surface area contributed by atoms with E-state index < -0.39 is 18.5 Å². The number of esters is 1. The molecule has 0 aliphatic rings. The van der Waals surface area contributed by atoms with Gasteiger partial charge in [-0.05, 0) is 42.5 Å². The van der Waals surface area contributed by atoms with Crippen molar-refractivity contribution in [2.75, 3.05) is 11.9 Å². The van der Waals surface area contributed by atoms with Gasteiger partial charge in [-0.1, -0.05) is 29.8 Å². The average molecular weight is 384 g/mol. The monoisotopic (exact) mass is 383 g/mol. The molecule has 0 unspecified atom stereocenters. The molecule has 0 bridgehead atoms. The molecular formula is C20H14ClNO5. The van der Waals surface area contributed by atoms with E-state index in [0.29, 0.717) is 28.3 Å². The maximum atomic E-state index is 12.1. The topological polar surface area (TPSA) is 85.6 Å². The fourth-order valence-corrected chi connectivity index (χ4v) is 2.51. The number of anilines is 1. The second kappa shape index (κ2) is 8.33. The first kappa shape index (κ1) is 18.4. The van der Waals surface area contributed by atoms with Crippen molar-refractivity contribution in [1.82, 2.24) is 0 Å². The number of benzene rings is 2. The van der Waals surface area contributed by atoms with Crippen molar-refractivity contribution in [3.63, 3.8) is 0 Å². The Balaban J connectivity index is 1.56. The third-order valence-electron chi connectivity index (χ3n) is 3.59. The first-order valence-electron chi connectivity index (χ1n) is 7.93. The summed E-state index contributed by atoms with van der Waals surface area (Å²) in [5, 5.41) is 3.07. The van der Waals surface area contributed by atoms with Crippen LogP contribution in [0.15, 0.2) is 65.1 Å². The maximum Gasteiger partial charge on any atom is 0.338 e. The molecule has 3 rings (SSSR count). The fourth-order valence-electron chi connectivity index (χ4n) is 2.32. The van der Waals surface area contributed by atoms with E-state index in [2.05, 4.69) is 5.32 Å². The zero-order valence-electron chi connectivity index (χ0n) is 14.0. The first-order chi connectivity index (χ1) is 13.0. The molecule has 1 heterocycles. The summed E-state index contributed by atoms with van der Waals surface area (Å²) in [5.74, 6) is -0.368. The molecule has 1 aromatic heterocycles. The predicted octanol–water partition coefficient (Wildman–Crippen LogP) is 4.21. The molecule has 0 aliphatic heterocycles. The van der Waals surface area contributed by atoms with Crippen LogP contribution in [0.25, 0.3) is 11.3 Å². The van der Waals surface area contributed by atoms with Crippen molar-refractivity contribution in [1.29, 1.82) is 0 Å². The van der Waals surface area contributed by atoms with E-state index >= 15 is 0 Å². The van der Waals surface area contributed by atoms with Gasteiger partial charge in [-0.2, -0.15) is 0 Å². The highest BCUT2D eigenvalue weighted by atomic mass is 35.5. The zero-order chi connectivity index (χ0) is 19.2. The summed E-state index contributed by atoms with van der Waals surface area (Å²) in [6.07, 6.45) is 0.615. The third-order valence-corrected chi connectivity index (χ3v) is 3.83. The van der Waals surface area contributed by atoms with Crippen LogP contribution in [-0.2, 0) is 9.53 Å². The van der Waals surface area contributed by atoms with E-state index in [1.165, 1.54) is 0 Å². The molecule has 1 N–H and O–H groups in total. The predicted molar refractivity (Wildman–Crippen MR) is 99.9 cm³/mol. The number of hydrogen-bond donors (Lipinski definition) is 1. The van der Waals surface area contributed by atoms with Crippen molar-refractivity contribution in [2.24, 2.45) is 0 Å². The van der Waals surface area contributed by atoms with Crippen LogP contribution in [0, 0.1) is 0 Å². The highest BCUT2D eigenvalue weighted by molar-refractivity contribution is 6.30. The second-order valence-electron chi connectivity index (χ2n) is 5.53. The van der Waals surface area contributed by atoms with Gasteiger partial charge in [-0.3, -0.25) is 9.59 Å². The Bertz CT molecular complexity index is 978. The van der Waals surface area contributed by atoms with E-state index in [-0.39, 0.29) is 11.3 Å². The van der Waals surface area contributed by atoms with Gasteiger partial charge in [0.1, 0.15) is 5.76 Å². The minimum absolute atomic E-state index is 0.221. The molecule has 7 heteroatoms. The minimum atomic E-state index is -0.629. The Hall–Kier alpha value is -3.38. The molecular weight excluding hydrogens is 370 g/mol. The SMILES string of the molecule is O=Cc1ccc(-c2ccc(C(=O)OCC(=O)Nc3cccc(Cl)c3)cc2)o1. The molecule has 6 nitrogen and oxygen atoms in total. The lowest BCUT2D eigenvalue weighted by Gasteiger charge is -2.07. The van der Waals surface area contributed by atoms with Gasteiger partial charge in [0, 0.05) is 16.3 Å². The highest BCUT2D eigenvalue weighted by Crippen LogP contribution is 2.22. The number of nitrogens with one attached hydrogen (secondary N) is 1. The Labute approximate surface area is 159 Å². The lowest BCUT2D eigenvalue weighted by molar-refractivity contribution is -0.119. The summed E-state index contributed by atoms with van der Waals surface area (Å²) < 4.78 is 10.3. The van der Waals surface area contributed by atoms with Crippen LogP contribution in [0.4, 0.5) is 5.69 Å². The maximum absolute atomic E-state index is 12.1. The molecule has 0 saturated carbocycles. The second-order valence-corrected chi connectivity index (χ2v) is 5.97. The number of furan rings is 1. The molecule has 0 saturated heterocycles. The summed E-state index contributed by atoms with van der Waals surface area (Å²) in [5.41, 5.74) is 1.51. The quantitative estimate of drug-likeness (QED) is 0.509. The van der Waals surface area contributed by atoms with Crippen molar-refractivity contribution in [2.45, 2.75) is 0 Å². The van der Waals surface area contributed by atoms with Gasteiger partial charge in [0.25, 0.3) is 5.91 Å². The lowest BCUT2D eigenvalue weighted by atomic mass is 10.1. The van der Waals surface area contributed by atoms with Gasteiger partial charge in [0.05, 0.1) is 5.56 Å².